The van der Waals surface area contributed by atoms with Crippen molar-refractivity contribution in [1.82, 2.24) is 0 Å². The zero-order chi connectivity index (χ0) is 12.7. The predicted molar refractivity (Wildman–Crippen MR) is 70.3 cm³/mol. The van der Waals surface area contributed by atoms with E-state index in [2.05, 4.69) is 5.32 Å². The average molecular weight is 233 g/mol. The summed E-state index contributed by atoms with van der Waals surface area (Å²) in [6.45, 7) is 6.50. The van der Waals surface area contributed by atoms with E-state index in [9.17, 15) is 4.79 Å². The van der Waals surface area contributed by atoms with Crippen LogP contribution >= 0.6 is 0 Å². The zero-order valence-corrected chi connectivity index (χ0v) is 10.6. The highest BCUT2D eigenvalue weighted by Gasteiger charge is 2.01. The molecule has 1 aromatic rings. The summed E-state index contributed by atoms with van der Waals surface area (Å²) in [7, 11) is 0. The molecule has 1 N–H and O–H groups in total. The van der Waals surface area contributed by atoms with Crippen molar-refractivity contribution in [2.75, 3.05) is 11.9 Å². The molecule has 0 aliphatic rings. The minimum absolute atomic E-state index is 0.0140. The van der Waals surface area contributed by atoms with E-state index in [0.717, 1.165) is 17.0 Å². The van der Waals surface area contributed by atoms with Gasteiger partial charge in [0.15, 0.2) is 0 Å². The van der Waals surface area contributed by atoms with E-state index in [1.807, 2.05) is 51.1 Å². The van der Waals surface area contributed by atoms with Crippen molar-refractivity contribution in [2.45, 2.75) is 27.2 Å². The molecule has 0 aliphatic heterocycles. The van der Waals surface area contributed by atoms with Crippen LogP contribution in [0.4, 0.5) is 5.69 Å². The Morgan fingerprint density at radius 1 is 1.41 bits per heavy atom. The van der Waals surface area contributed by atoms with Crippen molar-refractivity contribution in [2.24, 2.45) is 0 Å². The lowest BCUT2D eigenvalue weighted by Gasteiger charge is -2.07. The Morgan fingerprint density at radius 2 is 2.18 bits per heavy atom. The lowest BCUT2D eigenvalue weighted by molar-refractivity contribution is -0.115. The number of hydrogen-bond acceptors (Lipinski definition) is 2. The summed E-state index contributed by atoms with van der Waals surface area (Å²) >= 11 is 0. The molecule has 0 unspecified atom stereocenters. The highest BCUT2D eigenvalue weighted by atomic mass is 16.5. The van der Waals surface area contributed by atoms with Crippen LogP contribution in [0.25, 0.3) is 0 Å². The van der Waals surface area contributed by atoms with Crippen molar-refractivity contribution >= 4 is 11.6 Å². The Morgan fingerprint density at radius 3 is 2.82 bits per heavy atom. The first kappa shape index (κ1) is 13.3. The number of ether oxygens (including phenoxy) is 1. The van der Waals surface area contributed by atoms with Crippen LogP contribution in [0.2, 0.25) is 0 Å². The second-order valence-corrected chi connectivity index (χ2v) is 3.99. The van der Waals surface area contributed by atoms with Crippen LogP contribution in [0.5, 0.6) is 5.75 Å². The number of anilines is 1. The average Bonchev–Trinajstić information content (AvgIpc) is 2.27. The molecule has 1 rings (SSSR count). The summed E-state index contributed by atoms with van der Waals surface area (Å²) in [5.41, 5.74) is 1.91. The number of carbonyl (C=O) groups excluding carboxylic acids is 1. The fourth-order valence-electron chi connectivity index (χ4n) is 1.34. The minimum atomic E-state index is -0.0140. The van der Waals surface area contributed by atoms with Crippen molar-refractivity contribution in [3.63, 3.8) is 0 Å². The van der Waals surface area contributed by atoms with E-state index in [1.54, 1.807) is 0 Å². The second kappa shape index (κ2) is 6.74. The van der Waals surface area contributed by atoms with Crippen LogP contribution in [0.1, 0.15) is 27.2 Å². The van der Waals surface area contributed by atoms with Crippen molar-refractivity contribution in [3.8, 4) is 5.75 Å². The normalized spacial score (nSPS) is 9.59. The summed E-state index contributed by atoms with van der Waals surface area (Å²) in [5.74, 6) is 0.757. The van der Waals surface area contributed by atoms with Gasteiger partial charge in [-0.25, -0.2) is 0 Å². The van der Waals surface area contributed by atoms with Gasteiger partial charge < -0.3 is 10.1 Å². The molecule has 0 spiro atoms. The number of benzene rings is 1. The van der Waals surface area contributed by atoms with Gasteiger partial charge in [0, 0.05) is 18.2 Å². The molecule has 0 aliphatic carbocycles. The Bertz CT molecular complexity index is 406. The molecule has 17 heavy (non-hydrogen) atoms. The summed E-state index contributed by atoms with van der Waals surface area (Å²) < 4.78 is 5.36. The van der Waals surface area contributed by atoms with Crippen molar-refractivity contribution in [1.29, 1.82) is 0 Å². The first-order valence-corrected chi connectivity index (χ1v) is 5.78. The monoisotopic (exact) mass is 233 g/mol. The van der Waals surface area contributed by atoms with Gasteiger partial charge in [-0.2, -0.15) is 0 Å². The molecule has 0 aromatic heterocycles. The first-order chi connectivity index (χ1) is 8.11. The zero-order valence-electron chi connectivity index (χ0n) is 10.6. The molecule has 3 nitrogen and oxygen atoms in total. The van der Waals surface area contributed by atoms with Gasteiger partial charge in [-0.1, -0.05) is 17.7 Å². The number of nitrogens with one attached hydrogen (secondary N) is 1. The summed E-state index contributed by atoms with van der Waals surface area (Å²) in [6.07, 6.45) is 2.31. The third-order valence-electron chi connectivity index (χ3n) is 2.12. The molecule has 0 atom stereocenters. The second-order valence-electron chi connectivity index (χ2n) is 3.99. The third-order valence-corrected chi connectivity index (χ3v) is 2.12. The van der Waals surface area contributed by atoms with Crippen molar-refractivity contribution < 1.29 is 9.53 Å². The van der Waals surface area contributed by atoms with Crippen LogP contribution in [0, 0.1) is 0 Å². The van der Waals surface area contributed by atoms with Gasteiger partial charge in [0.2, 0.25) is 5.91 Å². The lowest BCUT2D eigenvalue weighted by Crippen LogP contribution is -2.10. The quantitative estimate of drug-likeness (QED) is 0.792. The first-order valence-electron chi connectivity index (χ1n) is 5.78. The minimum Gasteiger partial charge on any atom is -0.494 e. The van der Waals surface area contributed by atoms with Gasteiger partial charge in [-0.15, -0.1) is 0 Å². The summed E-state index contributed by atoms with van der Waals surface area (Å²) in [5, 5.41) is 2.83. The van der Waals surface area contributed by atoms with Gasteiger partial charge in [0.05, 0.1) is 6.61 Å². The van der Waals surface area contributed by atoms with Gasteiger partial charge in [0.1, 0.15) is 5.75 Å². The molecule has 0 radical (unpaired) electrons. The van der Waals surface area contributed by atoms with E-state index in [-0.39, 0.29) is 5.91 Å². The van der Waals surface area contributed by atoms with E-state index in [1.165, 1.54) is 0 Å². The van der Waals surface area contributed by atoms with Gasteiger partial charge in [-0.3, -0.25) is 4.79 Å². The van der Waals surface area contributed by atoms with E-state index >= 15 is 0 Å². The molecule has 1 amide bonds. The van der Waals surface area contributed by atoms with E-state index in [4.69, 9.17) is 4.74 Å². The largest absolute Gasteiger partial charge is 0.494 e. The molecule has 0 heterocycles. The molecule has 0 bridgehead atoms. The maximum absolute atomic E-state index is 11.6. The Labute approximate surface area is 102 Å². The maximum atomic E-state index is 11.6. The smallest absolute Gasteiger partial charge is 0.228 e. The molecule has 0 saturated heterocycles. The number of rotatable bonds is 5. The molecular weight excluding hydrogens is 214 g/mol. The standard InChI is InChI=1S/C14H19NO2/c1-4-17-13-7-5-6-12(10-13)15-14(16)9-8-11(2)3/h5-8,10H,4,9H2,1-3H3,(H,15,16). The molecule has 0 fully saturated rings. The van der Waals surface area contributed by atoms with E-state index < -0.39 is 0 Å². The SMILES string of the molecule is CCOc1cccc(NC(=O)CC=C(C)C)c1. The topological polar surface area (TPSA) is 38.3 Å². The number of allylic oxidation sites excluding steroid dienone is 1. The Kier molecular flexibility index (Phi) is 5.27. The van der Waals surface area contributed by atoms with Crippen LogP contribution in [0.3, 0.4) is 0 Å². The van der Waals surface area contributed by atoms with Gasteiger partial charge >= 0.3 is 0 Å². The molecule has 0 saturated carbocycles. The number of hydrogen-bond donors (Lipinski definition) is 1. The molecule has 1 aromatic carbocycles. The predicted octanol–water partition coefficient (Wildman–Crippen LogP) is 3.38. The maximum Gasteiger partial charge on any atom is 0.228 e. The Balaban J connectivity index is 2.58. The number of carbonyl (C=O) groups is 1. The summed E-state index contributed by atoms with van der Waals surface area (Å²) in [4.78, 5) is 11.6. The molecule has 3 heteroatoms. The molecule has 92 valence electrons. The van der Waals surface area contributed by atoms with Gasteiger partial charge in [-0.05, 0) is 32.9 Å². The highest BCUT2D eigenvalue weighted by molar-refractivity contribution is 5.91. The third kappa shape index (κ3) is 5.20. The van der Waals surface area contributed by atoms with Gasteiger partial charge in [0.25, 0.3) is 0 Å². The van der Waals surface area contributed by atoms with E-state index in [0.29, 0.717) is 13.0 Å². The lowest BCUT2D eigenvalue weighted by atomic mass is 10.2. The fraction of sp³-hybridized carbons (Fsp3) is 0.357. The fourth-order valence-corrected chi connectivity index (χ4v) is 1.34. The highest BCUT2D eigenvalue weighted by Crippen LogP contribution is 2.17. The van der Waals surface area contributed by atoms with Crippen LogP contribution in [-0.4, -0.2) is 12.5 Å². The van der Waals surface area contributed by atoms with Crippen molar-refractivity contribution in [3.05, 3.63) is 35.9 Å². The molecular formula is C14H19NO2. The van der Waals surface area contributed by atoms with Crippen LogP contribution in [0.15, 0.2) is 35.9 Å². The number of amides is 1. The van der Waals surface area contributed by atoms with Crippen LogP contribution < -0.4 is 10.1 Å². The summed E-state index contributed by atoms with van der Waals surface area (Å²) in [6, 6.07) is 7.41. The van der Waals surface area contributed by atoms with Crippen LogP contribution in [-0.2, 0) is 4.79 Å². The Hall–Kier alpha value is -1.77.